The normalized spacial score (nSPS) is 21.9. The third kappa shape index (κ3) is 1.88. The van der Waals surface area contributed by atoms with E-state index in [9.17, 15) is 9.18 Å². The number of carbonyl (C=O) groups excluding carboxylic acids is 1. The van der Waals surface area contributed by atoms with Gasteiger partial charge in [-0.05, 0) is 30.4 Å². The lowest BCUT2D eigenvalue weighted by Crippen LogP contribution is -2.25. The van der Waals surface area contributed by atoms with Crippen molar-refractivity contribution in [3.05, 3.63) is 35.8 Å². The van der Waals surface area contributed by atoms with E-state index in [1.807, 2.05) is 0 Å². The van der Waals surface area contributed by atoms with Crippen molar-refractivity contribution < 1.29 is 9.18 Å². The minimum atomic E-state index is -0.321. The molecule has 1 unspecified atom stereocenters. The van der Waals surface area contributed by atoms with Gasteiger partial charge in [0.15, 0.2) is 5.78 Å². The van der Waals surface area contributed by atoms with Crippen LogP contribution in [0.2, 0.25) is 0 Å². The van der Waals surface area contributed by atoms with Crippen LogP contribution >= 0.6 is 0 Å². The Kier molecular flexibility index (Phi) is 2.73. The summed E-state index contributed by atoms with van der Waals surface area (Å²) in [6.45, 7) is 4.27. The molecule has 0 aliphatic heterocycles. The summed E-state index contributed by atoms with van der Waals surface area (Å²) in [6, 6.07) is 4.86. The molecule has 1 aliphatic carbocycles. The predicted octanol–water partition coefficient (Wildman–Crippen LogP) is 4.32. The minimum absolute atomic E-state index is 0.00565. The van der Waals surface area contributed by atoms with E-state index in [2.05, 4.69) is 18.8 Å². The largest absolute Gasteiger partial charge is 0.360 e. The second-order valence-corrected chi connectivity index (χ2v) is 6.16. The minimum Gasteiger partial charge on any atom is -0.360 e. The number of carbonyl (C=O) groups is 1. The van der Waals surface area contributed by atoms with E-state index < -0.39 is 0 Å². The molecule has 1 atom stereocenters. The van der Waals surface area contributed by atoms with Gasteiger partial charge < -0.3 is 4.98 Å². The Hall–Kier alpha value is -1.64. The zero-order chi connectivity index (χ0) is 13.6. The molecule has 2 aromatic rings. The van der Waals surface area contributed by atoms with Crippen LogP contribution in [-0.2, 0) is 0 Å². The Labute approximate surface area is 112 Å². The molecule has 1 heterocycles. The summed E-state index contributed by atoms with van der Waals surface area (Å²) < 4.78 is 13.9. The van der Waals surface area contributed by atoms with Crippen LogP contribution in [0, 0.1) is 17.2 Å². The fourth-order valence-corrected chi connectivity index (χ4v) is 3.34. The number of rotatable bonds is 2. The summed E-state index contributed by atoms with van der Waals surface area (Å²) in [5.74, 6) is -0.233. The van der Waals surface area contributed by atoms with Gasteiger partial charge in [0.1, 0.15) is 5.82 Å². The van der Waals surface area contributed by atoms with E-state index in [4.69, 9.17) is 0 Å². The summed E-state index contributed by atoms with van der Waals surface area (Å²) in [6.07, 6.45) is 4.71. The first-order valence-corrected chi connectivity index (χ1v) is 6.80. The molecule has 0 bridgehead atoms. The average molecular weight is 259 g/mol. The van der Waals surface area contributed by atoms with E-state index in [1.165, 1.54) is 6.07 Å². The van der Waals surface area contributed by atoms with Crippen molar-refractivity contribution in [1.29, 1.82) is 0 Å². The SMILES string of the molecule is CC1(C)CCCC1C(=O)c1c[nH]c2cccc(F)c12. The molecular formula is C16H18FNO. The Morgan fingerprint density at radius 3 is 2.89 bits per heavy atom. The van der Waals surface area contributed by atoms with Crippen molar-refractivity contribution in [3.8, 4) is 0 Å². The molecule has 19 heavy (non-hydrogen) atoms. The monoisotopic (exact) mass is 259 g/mol. The highest BCUT2D eigenvalue weighted by molar-refractivity contribution is 6.09. The number of benzene rings is 1. The lowest BCUT2D eigenvalue weighted by molar-refractivity contribution is 0.0840. The molecule has 1 aliphatic rings. The lowest BCUT2D eigenvalue weighted by atomic mass is 9.77. The number of ketones is 1. The van der Waals surface area contributed by atoms with Crippen molar-refractivity contribution >= 4 is 16.7 Å². The molecule has 3 rings (SSSR count). The fourth-order valence-electron chi connectivity index (χ4n) is 3.34. The van der Waals surface area contributed by atoms with Crippen molar-refractivity contribution in [1.82, 2.24) is 4.98 Å². The number of H-pyrrole nitrogens is 1. The zero-order valence-electron chi connectivity index (χ0n) is 11.3. The smallest absolute Gasteiger partial charge is 0.168 e. The maximum absolute atomic E-state index is 13.9. The number of hydrogen-bond acceptors (Lipinski definition) is 1. The zero-order valence-corrected chi connectivity index (χ0v) is 11.3. The van der Waals surface area contributed by atoms with E-state index in [0.717, 1.165) is 19.3 Å². The number of aromatic nitrogens is 1. The topological polar surface area (TPSA) is 32.9 Å². The molecule has 1 aromatic carbocycles. The van der Waals surface area contributed by atoms with Crippen molar-refractivity contribution in [2.45, 2.75) is 33.1 Å². The predicted molar refractivity (Wildman–Crippen MR) is 73.7 cm³/mol. The van der Waals surface area contributed by atoms with Gasteiger partial charge in [0.2, 0.25) is 0 Å². The van der Waals surface area contributed by atoms with E-state index in [1.54, 1.807) is 18.3 Å². The standard InChI is InChI=1S/C16H18FNO/c1-16(2)8-4-5-11(16)15(19)10-9-18-13-7-3-6-12(17)14(10)13/h3,6-7,9,11,18H,4-5,8H2,1-2H3. The molecule has 1 saturated carbocycles. The summed E-state index contributed by atoms with van der Waals surface area (Å²) in [5.41, 5.74) is 1.22. The van der Waals surface area contributed by atoms with Gasteiger partial charge in [0.25, 0.3) is 0 Å². The molecule has 2 nitrogen and oxygen atoms in total. The van der Waals surface area contributed by atoms with Crippen LogP contribution < -0.4 is 0 Å². The maximum Gasteiger partial charge on any atom is 0.168 e. The summed E-state index contributed by atoms with van der Waals surface area (Å²) >= 11 is 0. The number of fused-ring (bicyclic) bond motifs is 1. The van der Waals surface area contributed by atoms with Crippen LogP contribution in [0.15, 0.2) is 24.4 Å². The number of nitrogens with one attached hydrogen (secondary N) is 1. The van der Waals surface area contributed by atoms with Gasteiger partial charge in [0, 0.05) is 28.6 Å². The molecule has 3 heteroatoms. The van der Waals surface area contributed by atoms with E-state index in [0.29, 0.717) is 16.5 Å². The third-order valence-electron chi connectivity index (χ3n) is 4.49. The summed E-state index contributed by atoms with van der Waals surface area (Å²) in [4.78, 5) is 15.7. The van der Waals surface area contributed by atoms with E-state index in [-0.39, 0.29) is 22.9 Å². The highest BCUT2D eigenvalue weighted by Crippen LogP contribution is 2.44. The molecule has 0 spiro atoms. The number of Topliss-reactive ketones (excluding diaryl/α,β-unsaturated/α-hetero) is 1. The number of halogens is 1. The molecule has 1 fully saturated rings. The number of hydrogen-bond donors (Lipinski definition) is 1. The maximum atomic E-state index is 13.9. The first kappa shape index (κ1) is 12.4. The summed E-state index contributed by atoms with van der Waals surface area (Å²) in [7, 11) is 0. The van der Waals surface area contributed by atoms with Crippen molar-refractivity contribution in [3.63, 3.8) is 0 Å². The molecule has 100 valence electrons. The van der Waals surface area contributed by atoms with Gasteiger partial charge in [-0.15, -0.1) is 0 Å². The van der Waals surface area contributed by atoms with E-state index >= 15 is 0 Å². The molecule has 0 saturated heterocycles. The molecular weight excluding hydrogens is 241 g/mol. The van der Waals surface area contributed by atoms with Gasteiger partial charge in [-0.1, -0.05) is 26.3 Å². The Bertz CT molecular complexity index is 641. The van der Waals surface area contributed by atoms with Crippen LogP contribution in [-0.4, -0.2) is 10.8 Å². The van der Waals surface area contributed by atoms with Crippen LogP contribution in [0.1, 0.15) is 43.5 Å². The molecule has 0 radical (unpaired) electrons. The summed E-state index contributed by atoms with van der Waals surface area (Å²) in [5, 5.41) is 0.440. The van der Waals surface area contributed by atoms with Crippen LogP contribution in [0.4, 0.5) is 4.39 Å². The average Bonchev–Trinajstić information content (AvgIpc) is 2.92. The van der Waals surface area contributed by atoms with Gasteiger partial charge in [0.05, 0.1) is 0 Å². The second-order valence-electron chi connectivity index (χ2n) is 6.16. The van der Waals surface area contributed by atoms with Crippen LogP contribution in [0.3, 0.4) is 0 Å². The van der Waals surface area contributed by atoms with Crippen molar-refractivity contribution in [2.75, 3.05) is 0 Å². The van der Waals surface area contributed by atoms with Gasteiger partial charge in [-0.2, -0.15) is 0 Å². The van der Waals surface area contributed by atoms with Crippen molar-refractivity contribution in [2.24, 2.45) is 11.3 Å². The lowest BCUT2D eigenvalue weighted by Gasteiger charge is -2.25. The first-order valence-electron chi connectivity index (χ1n) is 6.80. The fraction of sp³-hybridized carbons (Fsp3) is 0.438. The first-order chi connectivity index (χ1) is 9.00. The molecule has 1 aromatic heterocycles. The highest BCUT2D eigenvalue weighted by atomic mass is 19.1. The van der Waals surface area contributed by atoms with Crippen LogP contribution in [0.5, 0.6) is 0 Å². The van der Waals surface area contributed by atoms with Gasteiger partial charge in [-0.25, -0.2) is 4.39 Å². The second kappa shape index (κ2) is 4.19. The highest BCUT2D eigenvalue weighted by Gasteiger charge is 2.40. The van der Waals surface area contributed by atoms with Gasteiger partial charge in [-0.3, -0.25) is 4.79 Å². The Morgan fingerprint density at radius 1 is 1.42 bits per heavy atom. The number of aromatic amines is 1. The Balaban J connectivity index is 2.08. The Morgan fingerprint density at radius 2 is 2.21 bits per heavy atom. The van der Waals surface area contributed by atoms with Gasteiger partial charge >= 0.3 is 0 Å². The molecule has 0 amide bonds. The molecule has 1 N–H and O–H groups in total. The third-order valence-corrected chi connectivity index (χ3v) is 4.49. The quantitative estimate of drug-likeness (QED) is 0.801. The van der Waals surface area contributed by atoms with Crippen LogP contribution in [0.25, 0.3) is 10.9 Å².